The van der Waals surface area contributed by atoms with Crippen LogP contribution in [0.3, 0.4) is 0 Å². The van der Waals surface area contributed by atoms with E-state index < -0.39 is 0 Å². The van der Waals surface area contributed by atoms with Gasteiger partial charge in [-0.3, -0.25) is 0 Å². The van der Waals surface area contributed by atoms with E-state index in [1.165, 1.54) is 4.88 Å². The fourth-order valence-corrected chi connectivity index (χ4v) is 1.50. The van der Waals surface area contributed by atoms with Crippen molar-refractivity contribution in [2.45, 2.75) is 20.3 Å². The van der Waals surface area contributed by atoms with Crippen molar-refractivity contribution in [3.8, 4) is 0 Å². The predicted octanol–water partition coefficient (Wildman–Crippen LogP) is 1.83. The number of ether oxygens (including phenoxy) is 1. The van der Waals surface area contributed by atoms with Crippen LogP contribution < -0.4 is 0 Å². The Hall–Kier alpha value is -0.410. The summed E-state index contributed by atoms with van der Waals surface area (Å²) in [4.78, 5) is 5.32. The number of hydrogen-bond donors (Lipinski definition) is 0. The SMILES string of the molecule is CCOCCc1s[c]nc1C. The molecule has 0 aromatic carbocycles. The lowest BCUT2D eigenvalue weighted by molar-refractivity contribution is 0.151. The molecule has 0 amide bonds. The van der Waals surface area contributed by atoms with E-state index in [0.717, 1.165) is 25.3 Å². The second-order valence-corrected chi connectivity index (χ2v) is 3.14. The number of aryl methyl sites for hydroxylation is 1. The molecule has 1 aromatic heterocycles. The van der Waals surface area contributed by atoms with Crippen molar-refractivity contribution < 1.29 is 4.74 Å². The van der Waals surface area contributed by atoms with Crippen LogP contribution in [0.1, 0.15) is 17.5 Å². The summed E-state index contributed by atoms with van der Waals surface area (Å²) in [5.41, 5.74) is 3.95. The molecule has 1 radical (unpaired) electrons. The van der Waals surface area contributed by atoms with Crippen LogP contribution in [-0.2, 0) is 11.2 Å². The summed E-state index contributed by atoms with van der Waals surface area (Å²) in [6.45, 7) is 5.61. The van der Waals surface area contributed by atoms with Crippen molar-refractivity contribution >= 4 is 11.3 Å². The standard InChI is InChI=1S/C8H12NOS/c1-3-10-5-4-8-7(2)9-6-11-8/h3-5H2,1-2H3. The van der Waals surface area contributed by atoms with Gasteiger partial charge in [-0.1, -0.05) is 0 Å². The maximum atomic E-state index is 5.23. The molecule has 2 nitrogen and oxygen atoms in total. The van der Waals surface area contributed by atoms with Crippen LogP contribution >= 0.6 is 11.3 Å². The largest absolute Gasteiger partial charge is 0.381 e. The Labute approximate surface area is 71.2 Å². The first-order valence-electron chi connectivity index (χ1n) is 3.74. The molecule has 0 bridgehead atoms. The van der Waals surface area contributed by atoms with Gasteiger partial charge < -0.3 is 4.74 Å². The van der Waals surface area contributed by atoms with Gasteiger partial charge in [-0.25, -0.2) is 4.98 Å². The zero-order chi connectivity index (χ0) is 8.10. The quantitative estimate of drug-likeness (QED) is 0.643. The average Bonchev–Trinajstić information content (AvgIpc) is 2.37. The highest BCUT2D eigenvalue weighted by Crippen LogP contribution is 2.11. The molecule has 1 heterocycles. The van der Waals surface area contributed by atoms with Crippen molar-refractivity contribution in [1.82, 2.24) is 4.98 Å². The zero-order valence-electron chi connectivity index (χ0n) is 6.89. The molecule has 0 aliphatic carbocycles. The van der Waals surface area contributed by atoms with Gasteiger partial charge in [0.15, 0.2) is 5.51 Å². The number of rotatable bonds is 4. The lowest BCUT2D eigenvalue weighted by Crippen LogP contribution is -1.97. The third-order valence-electron chi connectivity index (χ3n) is 1.46. The molecule has 0 spiro atoms. The van der Waals surface area contributed by atoms with Gasteiger partial charge in [0.2, 0.25) is 0 Å². The Bertz CT molecular complexity index is 210. The maximum Gasteiger partial charge on any atom is 0.152 e. The maximum absolute atomic E-state index is 5.23. The van der Waals surface area contributed by atoms with Crippen molar-refractivity contribution in [2.24, 2.45) is 0 Å². The molecule has 61 valence electrons. The third kappa shape index (κ3) is 2.60. The molecule has 0 aliphatic rings. The summed E-state index contributed by atoms with van der Waals surface area (Å²) >= 11 is 1.58. The van der Waals surface area contributed by atoms with Gasteiger partial charge in [-0.2, -0.15) is 0 Å². The minimum absolute atomic E-state index is 0.793. The van der Waals surface area contributed by atoms with Gasteiger partial charge in [0.1, 0.15) is 0 Å². The molecule has 0 unspecified atom stereocenters. The van der Waals surface area contributed by atoms with E-state index in [1.807, 2.05) is 13.8 Å². The molecule has 0 N–H and O–H groups in total. The van der Waals surface area contributed by atoms with E-state index in [9.17, 15) is 0 Å². The summed E-state index contributed by atoms with van der Waals surface area (Å²) in [5, 5.41) is 0. The van der Waals surface area contributed by atoms with Crippen LogP contribution in [0.2, 0.25) is 0 Å². The van der Waals surface area contributed by atoms with Crippen LogP contribution in [-0.4, -0.2) is 18.2 Å². The van der Waals surface area contributed by atoms with Crippen molar-refractivity contribution in [3.63, 3.8) is 0 Å². The van der Waals surface area contributed by atoms with E-state index in [4.69, 9.17) is 4.74 Å². The van der Waals surface area contributed by atoms with E-state index in [0.29, 0.717) is 0 Å². The second kappa shape index (κ2) is 4.46. The van der Waals surface area contributed by atoms with Crippen LogP contribution in [0.4, 0.5) is 0 Å². The smallest absolute Gasteiger partial charge is 0.152 e. The molecular weight excluding hydrogens is 158 g/mol. The molecule has 0 aliphatic heterocycles. The minimum Gasteiger partial charge on any atom is -0.381 e. The molecule has 3 heteroatoms. The molecule has 0 saturated heterocycles. The second-order valence-electron chi connectivity index (χ2n) is 2.26. The molecule has 11 heavy (non-hydrogen) atoms. The number of aromatic nitrogens is 1. The average molecular weight is 170 g/mol. The molecule has 0 saturated carbocycles. The van der Waals surface area contributed by atoms with E-state index in [-0.39, 0.29) is 0 Å². The Kier molecular flexibility index (Phi) is 3.52. The van der Waals surface area contributed by atoms with Gasteiger partial charge in [0.05, 0.1) is 12.3 Å². The number of thiazole rings is 1. The molecule has 0 atom stereocenters. The summed E-state index contributed by atoms with van der Waals surface area (Å²) in [5.74, 6) is 0. The Morgan fingerprint density at radius 1 is 1.64 bits per heavy atom. The zero-order valence-corrected chi connectivity index (χ0v) is 7.70. The van der Waals surface area contributed by atoms with E-state index in [2.05, 4.69) is 10.5 Å². The summed E-state index contributed by atoms with van der Waals surface area (Å²) in [6, 6.07) is 0. The van der Waals surface area contributed by atoms with Gasteiger partial charge in [-0.15, -0.1) is 11.3 Å². The highest BCUT2D eigenvalue weighted by molar-refractivity contribution is 7.09. The van der Waals surface area contributed by atoms with E-state index in [1.54, 1.807) is 11.3 Å². The van der Waals surface area contributed by atoms with Crippen molar-refractivity contribution in [2.75, 3.05) is 13.2 Å². The van der Waals surface area contributed by atoms with Crippen LogP contribution in [0, 0.1) is 12.4 Å². The first kappa shape index (κ1) is 8.68. The highest BCUT2D eigenvalue weighted by Gasteiger charge is 1.99. The Balaban J connectivity index is 2.32. The topological polar surface area (TPSA) is 22.1 Å². The number of nitrogens with zero attached hydrogens (tertiary/aromatic N) is 1. The van der Waals surface area contributed by atoms with Crippen LogP contribution in [0.15, 0.2) is 0 Å². The lowest BCUT2D eigenvalue weighted by Gasteiger charge is -1.98. The minimum atomic E-state index is 0.793. The summed E-state index contributed by atoms with van der Waals surface area (Å²) < 4.78 is 5.23. The Morgan fingerprint density at radius 2 is 2.45 bits per heavy atom. The van der Waals surface area contributed by atoms with Crippen LogP contribution in [0.5, 0.6) is 0 Å². The monoisotopic (exact) mass is 170 g/mol. The van der Waals surface area contributed by atoms with Crippen molar-refractivity contribution in [1.29, 1.82) is 0 Å². The first-order chi connectivity index (χ1) is 5.34. The Morgan fingerprint density at radius 3 is 3.00 bits per heavy atom. The number of hydrogen-bond acceptors (Lipinski definition) is 3. The van der Waals surface area contributed by atoms with Gasteiger partial charge in [0, 0.05) is 17.9 Å². The fourth-order valence-electron chi connectivity index (χ4n) is 0.824. The molecule has 1 rings (SSSR count). The highest BCUT2D eigenvalue weighted by atomic mass is 32.1. The summed E-state index contributed by atoms with van der Waals surface area (Å²) in [7, 11) is 0. The van der Waals surface area contributed by atoms with Gasteiger partial charge in [-0.05, 0) is 13.8 Å². The lowest BCUT2D eigenvalue weighted by atomic mass is 10.3. The van der Waals surface area contributed by atoms with Crippen LogP contribution in [0.25, 0.3) is 0 Å². The molecular formula is C8H12NOS. The predicted molar refractivity (Wildman–Crippen MR) is 45.9 cm³/mol. The van der Waals surface area contributed by atoms with Gasteiger partial charge in [0.25, 0.3) is 0 Å². The summed E-state index contributed by atoms with van der Waals surface area (Å²) in [6.07, 6.45) is 0.973. The molecule has 0 fully saturated rings. The van der Waals surface area contributed by atoms with E-state index >= 15 is 0 Å². The fraction of sp³-hybridized carbons (Fsp3) is 0.625. The molecule has 1 aromatic rings. The van der Waals surface area contributed by atoms with Gasteiger partial charge >= 0.3 is 0 Å². The normalized spacial score (nSPS) is 10.4. The third-order valence-corrected chi connectivity index (χ3v) is 2.39. The van der Waals surface area contributed by atoms with Crippen molar-refractivity contribution in [3.05, 3.63) is 16.1 Å². The first-order valence-corrected chi connectivity index (χ1v) is 4.56.